The molecule has 3 N–H and O–H groups in total. The Balaban J connectivity index is 2.45. The van der Waals surface area contributed by atoms with Crippen molar-refractivity contribution in [2.24, 2.45) is 5.84 Å². The Hall–Kier alpha value is -2.11. The first kappa shape index (κ1) is 14.3. The van der Waals surface area contributed by atoms with Gasteiger partial charge in [0.2, 0.25) is 0 Å². The predicted molar refractivity (Wildman–Crippen MR) is 77.7 cm³/mol. The summed E-state index contributed by atoms with van der Waals surface area (Å²) in [5.41, 5.74) is 5.77. The minimum atomic E-state index is -0.152. The van der Waals surface area contributed by atoms with Gasteiger partial charge in [0.1, 0.15) is 11.5 Å². The van der Waals surface area contributed by atoms with E-state index in [9.17, 15) is 0 Å². The first-order chi connectivity index (χ1) is 9.67. The van der Waals surface area contributed by atoms with Crippen molar-refractivity contribution < 1.29 is 9.47 Å². The summed E-state index contributed by atoms with van der Waals surface area (Å²) in [5.74, 6) is 7.17. The van der Waals surface area contributed by atoms with Gasteiger partial charge in [0, 0.05) is 18.0 Å². The highest BCUT2D eigenvalue weighted by molar-refractivity contribution is 5.43. The quantitative estimate of drug-likeness (QED) is 0.644. The van der Waals surface area contributed by atoms with E-state index in [0.29, 0.717) is 0 Å². The summed E-state index contributed by atoms with van der Waals surface area (Å²) in [5, 5.41) is 0. The number of rotatable bonds is 5. The number of nitrogens with zero attached hydrogens (tertiary/aromatic N) is 1. The number of hydrogen-bond donors (Lipinski definition) is 2. The molecule has 0 saturated carbocycles. The summed E-state index contributed by atoms with van der Waals surface area (Å²) in [6, 6.07) is 9.47. The number of hydrogen-bond acceptors (Lipinski definition) is 5. The Morgan fingerprint density at radius 2 is 1.70 bits per heavy atom. The smallest absolute Gasteiger partial charge is 0.122 e. The SMILES string of the molecule is COc1cc(OC)cc(C(NN)c2ccnc(C)c2)c1. The molecule has 0 aliphatic heterocycles. The fourth-order valence-corrected chi connectivity index (χ4v) is 2.13. The molecule has 5 heteroatoms. The van der Waals surface area contributed by atoms with E-state index in [1.807, 2.05) is 37.3 Å². The second-order valence-electron chi connectivity index (χ2n) is 4.48. The molecule has 0 radical (unpaired) electrons. The third kappa shape index (κ3) is 3.07. The van der Waals surface area contributed by atoms with Crippen LogP contribution in [0.2, 0.25) is 0 Å². The van der Waals surface area contributed by atoms with Gasteiger partial charge in [0.05, 0.1) is 20.3 Å². The molecule has 0 aliphatic rings. The van der Waals surface area contributed by atoms with Crippen molar-refractivity contribution in [3.8, 4) is 11.5 Å². The number of nitrogens with one attached hydrogen (secondary N) is 1. The maximum Gasteiger partial charge on any atom is 0.122 e. The largest absolute Gasteiger partial charge is 0.497 e. The highest BCUT2D eigenvalue weighted by Crippen LogP contribution is 2.29. The zero-order valence-electron chi connectivity index (χ0n) is 11.9. The molecule has 5 nitrogen and oxygen atoms in total. The zero-order chi connectivity index (χ0) is 14.5. The molecule has 0 saturated heterocycles. The van der Waals surface area contributed by atoms with Crippen molar-refractivity contribution >= 4 is 0 Å². The molecular weight excluding hydrogens is 254 g/mol. The summed E-state index contributed by atoms with van der Waals surface area (Å²) in [4.78, 5) is 4.20. The molecule has 1 heterocycles. The minimum absolute atomic E-state index is 0.152. The Morgan fingerprint density at radius 1 is 1.05 bits per heavy atom. The van der Waals surface area contributed by atoms with Gasteiger partial charge in [-0.15, -0.1) is 0 Å². The van der Waals surface area contributed by atoms with Crippen LogP contribution >= 0.6 is 0 Å². The van der Waals surface area contributed by atoms with E-state index in [1.165, 1.54) is 0 Å². The number of benzene rings is 1. The summed E-state index contributed by atoms with van der Waals surface area (Å²) in [7, 11) is 3.25. The highest BCUT2D eigenvalue weighted by Gasteiger charge is 2.15. The van der Waals surface area contributed by atoms with Gasteiger partial charge in [-0.25, -0.2) is 5.43 Å². The fourth-order valence-electron chi connectivity index (χ4n) is 2.13. The van der Waals surface area contributed by atoms with Gasteiger partial charge in [-0.2, -0.15) is 0 Å². The summed E-state index contributed by atoms with van der Waals surface area (Å²) in [6.07, 6.45) is 1.77. The third-order valence-electron chi connectivity index (χ3n) is 3.13. The van der Waals surface area contributed by atoms with E-state index in [4.69, 9.17) is 15.3 Å². The van der Waals surface area contributed by atoms with Crippen molar-refractivity contribution in [2.75, 3.05) is 14.2 Å². The summed E-state index contributed by atoms with van der Waals surface area (Å²) < 4.78 is 10.6. The molecular formula is C15H19N3O2. The van der Waals surface area contributed by atoms with Crippen molar-refractivity contribution in [3.05, 3.63) is 53.3 Å². The second-order valence-corrected chi connectivity index (χ2v) is 4.48. The van der Waals surface area contributed by atoms with Crippen molar-refractivity contribution in [2.45, 2.75) is 13.0 Å². The third-order valence-corrected chi connectivity index (χ3v) is 3.13. The minimum Gasteiger partial charge on any atom is -0.497 e. The van der Waals surface area contributed by atoms with Crippen LogP contribution in [0.1, 0.15) is 22.9 Å². The van der Waals surface area contributed by atoms with E-state index in [2.05, 4.69) is 10.4 Å². The molecule has 1 unspecified atom stereocenters. The highest BCUT2D eigenvalue weighted by atomic mass is 16.5. The number of pyridine rings is 1. The standard InChI is InChI=1S/C15H19N3O2/c1-10-6-11(4-5-17-10)15(18-16)12-7-13(19-2)9-14(8-12)20-3/h4-9,15,18H,16H2,1-3H3. The van der Waals surface area contributed by atoms with Crippen LogP contribution in [0.15, 0.2) is 36.5 Å². The van der Waals surface area contributed by atoms with Gasteiger partial charge >= 0.3 is 0 Å². The molecule has 0 amide bonds. The van der Waals surface area contributed by atoms with Gasteiger partial charge in [-0.05, 0) is 42.3 Å². The van der Waals surface area contributed by atoms with E-state index in [0.717, 1.165) is 28.3 Å². The lowest BCUT2D eigenvalue weighted by Crippen LogP contribution is -2.29. The van der Waals surface area contributed by atoms with Crippen molar-refractivity contribution in [1.82, 2.24) is 10.4 Å². The number of aryl methyl sites for hydroxylation is 1. The molecule has 0 bridgehead atoms. The lowest BCUT2D eigenvalue weighted by molar-refractivity contribution is 0.392. The predicted octanol–water partition coefficient (Wildman–Crippen LogP) is 1.96. The summed E-state index contributed by atoms with van der Waals surface area (Å²) in [6.45, 7) is 1.95. The molecule has 0 spiro atoms. The molecule has 0 fully saturated rings. The van der Waals surface area contributed by atoms with E-state index >= 15 is 0 Å². The van der Waals surface area contributed by atoms with Crippen molar-refractivity contribution in [1.29, 1.82) is 0 Å². The maximum atomic E-state index is 5.72. The molecule has 1 atom stereocenters. The maximum absolute atomic E-state index is 5.72. The topological polar surface area (TPSA) is 69.4 Å². The first-order valence-corrected chi connectivity index (χ1v) is 6.29. The Bertz CT molecular complexity index is 565. The number of hydrazine groups is 1. The van der Waals surface area contributed by atoms with Gasteiger partial charge in [0.25, 0.3) is 0 Å². The van der Waals surface area contributed by atoms with Crippen LogP contribution in [-0.2, 0) is 0 Å². The molecule has 2 aromatic rings. The average molecular weight is 273 g/mol. The number of aromatic nitrogens is 1. The van der Waals surface area contributed by atoms with Crippen LogP contribution < -0.4 is 20.7 Å². The van der Waals surface area contributed by atoms with Crippen LogP contribution in [-0.4, -0.2) is 19.2 Å². The summed E-state index contributed by atoms with van der Waals surface area (Å²) >= 11 is 0. The Morgan fingerprint density at radius 3 is 2.20 bits per heavy atom. The first-order valence-electron chi connectivity index (χ1n) is 6.29. The fraction of sp³-hybridized carbons (Fsp3) is 0.267. The zero-order valence-corrected chi connectivity index (χ0v) is 11.9. The van der Waals surface area contributed by atoms with Gasteiger partial charge in [0.15, 0.2) is 0 Å². The number of methoxy groups -OCH3 is 2. The lowest BCUT2D eigenvalue weighted by Gasteiger charge is -2.19. The molecule has 0 aliphatic carbocycles. The molecule has 106 valence electrons. The monoisotopic (exact) mass is 273 g/mol. The Labute approximate surface area is 118 Å². The van der Waals surface area contributed by atoms with Crippen LogP contribution in [0.25, 0.3) is 0 Å². The molecule has 2 rings (SSSR count). The average Bonchev–Trinajstić information content (AvgIpc) is 2.47. The lowest BCUT2D eigenvalue weighted by atomic mass is 9.99. The normalized spacial score (nSPS) is 12.0. The Kier molecular flexibility index (Phi) is 4.55. The van der Waals surface area contributed by atoms with Crippen molar-refractivity contribution in [3.63, 3.8) is 0 Å². The molecule has 20 heavy (non-hydrogen) atoms. The van der Waals surface area contributed by atoms with Crippen LogP contribution in [0.3, 0.4) is 0 Å². The van der Waals surface area contributed by atoms with E-state index in [1.54, 1.807) is 20.4 Å². The second kappa shape index (κ2) is 6.36. The van der Waals surface area contributed by atoms with Crippen LogP contribution in [0.5, 0.6) is 11.5 Å². The van der Waals surface area contributed by atoms with E-state index < -0.39 is 0 Å². The molecule has 1 aromatic heterocycles. The van der Waals surface area contributed by atoms with Gasteiger partial charge in [-0.1, -0.05) is 0 Å². The molecule has 1 aromatic carbocycles. The number of ether oxygens (including phenoxy) is 2. The van der Waals surface area contributed by atoms with Gasteiger partial charge < -0.3 is 9.47 Å². The van der Waals surface area contributed by atoms with Crippen LogP contribution in [0.4, 0.5) is 0 Å². The van der Waals surface area contributed by atoms with Crippen LogP contribution in [0, 0.1) is 6.92 Å². The number of nitrogens with two attached hydrogens (primary N) is 1. The van der Waals surface area contributed by atoms with Gasteiger partial charge in [-0.3, -0.25) is 10.8 Å². The van der Waals surface area contributed by atoms with E-state index in [-0.39, 0.29) is 6.04 Å².